The van der Waals surface area contributed by atoms with Crippen molar-refractivity contribution in [3.05, 3.63) is 89.7 Å². The average Bonchev–Trinajstić information content (AvgIpc) is 3.44. The first kappa shape index (κ1) is 16.7. The summed E-state index contributed by atoms with van der Waals surface area (Å²) in [4.78, 5) is 29.9. The smallest absolute Gasteiger partial charge is 0.250 e. The molecule has 1 aromatic heterocycles. The second-order valence-electron chi connectivity index (χ2n) is 8.38. The molecule has 3 aromatic rings. The van der Waals surface area contributed by atoms with Crippen molar-refractivity contribution in [1.29, 1.82) is 0 Å². The van der Waals surface area contributed by atoms with Gasteiger partial charge in [-0.2, -0.15) is 0 Å². The minimum Gasteiger partial charge on any atom is -0.344 e. The lowest BCUT2D eigenvalue weighted by Crippen LogP contribution is -2.58. The molecule has 1 saturated heterocycles. The number of carbonyl (C=O) groups is 2. The minimum absolute atomic E-state index is 0.0626. The quantitative estimate of drug-likeness (QED) is 0.702. The van der Waals surface area contributed by atoms with Crippen LogP contribution >= 0.6 is 0 Å². The Morgan fingerprint density at radius 1 is 0.966 bits per heavy atom. The SMILES string of the molecule is CN1C[C@@H](c2ccccc2)[C@@]2(Cn3cccc3C2=O)[C@@]12C(=O)Nc1ccccc12. The molecule has 5 nitrogen and oxygen atoms in total. The number of fused-ring (bicyclic) bond motifs is 4. The maximum atomic E-state index is 14.1. The molecule has 1 fully saturated rings. The first-order valence-corrected chi connectivity index (χ1v) is 9.98. The summed E-state index contributed by atoms with van der Waals surface area (Å²) in [5, 5.41) is 3.08. The maximum absolute atomic E-state index is 14.1. The van der Waals surface area contributed by atoms with Crippen LogP contribution in [0.25, 0.3) is 0 Å². The van der Waals surface area contributed by atoms with Crippen molar-refractivity contribution in [2.45, 2.75) is 18.0 Å². The van der Waals surface area contributed by atoms with Crippen molar-refractivity contribution in [2.75, 3.05) is 18.9 Å². The van der Waals surface area contributed by atoms with Gasteiger partial charge in [-0.05, 0) is 30.8 Å². The van der Waals surface area contributed by atoms with Crippen LogP contribution in [-0.2, 0) is 16.9 Å². The Morgan fingerprint density at radius 2 is 1.72 bits per heavy atom. The molecular formula is C24H21N3O2. The molecule has 5 heteroatoms. The maximum Gasteiger partial charge on any atom is 0.250 e. The molecule has 0 aliphatic carbocycles. The van der Waals surface area contributed by atoms with Gasteiger partial charge >= 0.3 is 0 Å². The standard InChI is InChI=1S/C24H21N3O2/c1-26-14-18(16-8-3-2-4-9-16)23(15-27-13-7-12-20(27)21(23)28)24(26)17-10-5-6-11-19(17)25-22(24)29/h2-13,18H,14-15H2,1H3,(H,25,29)/t18-,23+,24+/m0/s1. The lowest BCUT2D eigenvalue weighted by molar-refractivity contribution is -0.130. The minimum atomic E-state index is -1.03. The van der Waals surface area contributed by atoms with E-state index in [9.17, 15) is 9.59 Å². The van der Waals surface area contributed by atoms with Crippen LogP contribution in [0.2, 0.25) is 0 Å². The summed E-state index contributed by atoms with van der Waals surface area (Å²) >= 11 is 0. The van der Waals surface area contributed by atoms with Gasteiger partial charge in [0.1, 0.15) is 5.54 Å². The number of hydrogen-bond acceptors (Lipinski definition) is 3. The van der Waals surface area contributed by atoms with Crippen molar-refractivity contribution < 1.29 is 9.59 Å². The molecule has 1 amide bonds. The number of para-hydroxylation sites is 1. The van der Waals surface area contributed by atoms with E-state index in [0.717, 1.165) is 16.8 Å². The average molecular weight is 383 g/mol. The second-order valence-corrected chi connectivity index (χ2v) is 8.38. The Kier molecular flexibility index (Phi) is 3.15. The van der Waals surface area contributed by atoms with Gasteiger partial charge in [0.25, 0.3) is 5.91 Å². The summed E-state index contributed by atoms with van der Waals surface area (Å²) in [6.07, 6.45) is 1.95. The number of amides is 1. The van der Waals surface area contributed by atoms with E-state index >= 15 is 0 Å². The van der Waals surface area contributed by atoms with Crippen molar-refractivity contribution in [1.82, 2.24) is 9.47 Å². The molecule has 0 bridgehead atoms. The van der Waals surface area contributed by atoms with Gasteiger partial charge in [-0.25, -0.2) is 0 Å². The van der Waals surface area contributed by atoms with E-state index in [0.29, 0.717) is 18.8 Å². The van der Waals surface area contributed by atoms with E-state index in [4.69, 9.17) is 0 Å². The van der Waals surface area contributed by atoms with Crippen molar-refractivity contribution >= 4 is 17.4 Å². The van der Waals surface area contributed by atoms with Crippen LogP contribution in [0.3, 0.4) is 0 Å². The summed E-state index contributed by atoms with van der Waals surface area (Å²) in [5.41, 5.74) is 1.59. The zero-order valence-electron chi connectivity index (χ0n) is 16.1. The normalized spacial score (nSPS) is 30.2. The molecule has 4 heterocycles. The molecule has 2 aromatic carbocycles. The number of anilines is 1. The Morgan fingerprint density at radius 3 is 2.52 bits per heavy atom. The number of nitrogens with zero attached hydrogens (tertiary/aromatic N) is 2. The monoisotopic (exact) mass is 383 g/mol. The Bertz CT molecular complexity index is 1170. The number of rotatable bonds is 1. The van der Waals surface area contributed by atoms with Crippen molar-refractivity contribution in [3.8, 4) is 0 Å². The van der Waals surface area contributed by atoms with Gasteiger partial charge in [-0.15, -0.1) is 0 Å². The third-order valence-corrected chi connectivity index (χ3v) is 7.25. The van der Waals surface area contributed by atoms with Gasteiger partial charge in [-0.1, -0.05) is 48.5 Å². The van der Waals surface area contributed by atoms with E-state index < -0.39 is 11.0 Å². The third kappa shape index (κ3) is 1.75. The van der Waals surface area contributed by atoms with E-state index in [2.05, 4.69) is 22.3 Å². The van der Waals surface area contributed by atoms with Gasteiger partial charge in [0.2, 0.25) is 0 Å². The van der Waals surface area contributed by atoms with Crippen LogP contribution in [-0.4, -0.2) is 34.7 Å². The number of hydrogen-bond donors (Lipinski definition) is 1. The molecule has 3 aliphatic heterocycles. The summed E-state index contributed by atoms with van der Waals surface area (Å²) in [5.74, 6) is -0.121. The van der Waals surface area contributed by atoms with E-state index in [1.807, 2.05) is 72.4 Å². The van der Waals surface area contributed by atoms with Crippen LogP contribution in [0.5, 0.6) is 0 Å². The highest BCUT2D eigenvalue weighted by Gasteiger charge is 2.75. The molecule has 1 N–H and O–H groups in total. The Balaban J connectivity index is 1.68. The number of aromatic nitrogens is 1. The van der Waals surface area contributed by atoms with Gasteiger partial charge < -0.3 is 9.88 Å². The first-order valence-electron chi connectivity index (χ1n) is 9.98. The zero-order chi connectivity index (χ0) is 19.8. The topological polar surface area (TPSA) is 54.3 Å². The molecule has 3 aliphatic rings. The van der Waals surface area contributed by atoms with Gasteiger partial charge in [0, 0.05) is 36.5 Å². The lowest BCUT2D eigenvalue weighted by Gasteiger charge is -2.43. The van der Waals surface area contributed by atoms with E-state index in [1.54, 1.807) is 0 Å². The fraction of sp³-hybridized carbons (Fsp3) is 0.250. The first-order chi connectivity index (χ1) is 14.1. The highest BCUT2D eigenvalue weighted by molar-refractivity contribution is 6.14. The van der Waals surface area contributed by atoms with Crippen LogP contribution < -0.4 is 5.32 Å². The number of nitrogens with one attached hydrogen (secondary N) is 1. The largest absolute Gasteiger partial charge is 0.344 e. The van der Waals surface area contributed by atoms with Crippen LogP contribution in [0.1, 0.15) is 27.5 Å². The third-order valence-electron chi connectivity index (χ3n) is 7.25. The summed E-state index contributed by atoms with van der Waals surface area (Å²) < 4.78 is 2.02. The van der Waals surface area contributed by atoms with E-state index in [1.165, 1.54) is 0 Å². The molecule has 0 radical (unpaired) electrons. The molecular weight excluding hydrogens is 362 g/mol. The number of benzene rings is 2. The van der Waals surface area contributed by atoms with Crippen LogP contribution in [0.15, 0.2) is 72.9 Å². The molecule has 0 saturated carbocycles. The van der Waals surface area contributed by atoms with Crippen molar-refractivity contribution in [3.63, 3.8) is 0 Å². The fourth-order valence-electron chi connectivity index (χ4n) is 6.17. The summed E-state index contributed by atoms with van der Waals surface area (Å²) in [7, 11) is 1.98. The predicted molar refractivity (Wildman–Crippen MR) is 110 cm³/mol. The lowest BCUT2D eigenvalue weighted by atomic mass is 9.59. The van der Waals surface area contributed by atoms with Gasteiger partial charge in [0.15, 0.2) is 5.78 Å². The van der Waals surface area contributed by atoms with Gasteiger partial charge in [0.05, 0.1) is 11.1 Å². The zero-order valence-corrected chi connectivity index (χ0v) is 16.1. The number of carbonyl (C=O) groups excluding carboxylic acids is 2. The summed E-state index contributed by atoms with van der Waals surface area (Å²) in [6, 6.07) is 21.8. The number of likely N-dealkylation sites (N-methyl/N-ethyl adjacent to an activating group) is 1. The van der Waals surface area contributed by atoms with Crippen LogP contribution in [0.4, 0.5) is 5.69 Å². The Hall–Kier alpha value is -3.18. The highest BCUT2D eigenvalue weighted by atomic mass is 16.2. The van der Waals surface area contributed by atoms with Gasteiger partial charge in [-0.3, -0.25) is 14.5 Å². The predicted octanol–water partition coefficient (Wildman–Crippen LogP) is 3.25. The van der Waals surface area contributed by atoms with Crippen molar-refractivity contribution in [2.24, 2.45) is 5.41 Å². The molecule has 29 heavy (non-hydrogen) atoms. The number of ketones is 1. The molecule has 2 spiro atoms. The molecule has 3 atom stereocenters. The van der Waals surface area contributed by atoms with E-state index in [-0.39, 0.29) is 17.6 Å². The Labute approximate surface area is 168 Å². The highest BCUT2D eigenvalue weighted by Crippen LogP contribution is 2.65. The second kappa shape index (κ2) is 5.45. The number of Topliss-reactive ketones (excluding diaryl/α,β-unsaturated/α-hetero) is 1. The fourth-order valence-corrected chi connectivity index (χ4v) is 6.17. The molecule has 6 rings (SSSR count). The van der Waals surface area contributed by atoms with Crippen LogP contribution in [0, 0.1) is 5.41 Å². The summed E-state index contributed by atoms with van der Waals surface area (Å²) in [6.45, 7) is 1.14. The molecule has 0 unspecified atom stereocenters. The molecule has 144 valence electrons. The number of likely N-dealkylation sites (tertiary alicyclic amines) is 1.